The van der Waals surface area contributed by atoms with Gasteiger partial charge in [0.25, 0.3) is 0 Å². The van der Waals surface area contributed by atoms with Crippen LogP contribution in [0.5, 0.6) is 0 Å². The van der Waals surface area contributed by atoms with Crippen molar-refractivity contribution in [2.24, 2.45) is 5.73 Å². The van der Waals surface area contributed by atoms with E-state index >= 15 is 0 Å². The summed E-state index contributed by atoms with van der Waals surface area (Å²) in [7, 11) is 1.50. The molecule has 0 saturated carbocycles. The normalized spacial score (nSPS) is 14.3. The van der Waals surface area contributed by atoms with Crippen LogP contribution >= 0.6 is 11.8 Å². The van der Waals surface area contributed by atoms with Gasteiger partial charge in [0, 0.05) is 31.0 Å². The van der Waals surface area contributed by atoms with E-state index in [-0.39, 0.29) is 0 Å². The van der Waals surface area contributed by atoms with Gasteiger partial charge < -0.3 is 10.6 Å². The van der Waals surface area contributed by atoms with Gasteiger partial charge >= 0.3 is 0 Å². The number of nitrogens with zero attached hydrogens (tertiary/aromatic N) is 1. The number of hydrogen-bond acceptors (Lipinski definition) is 3. The van der Waals surface area contributed by atoms with Crippen molar-refractivity contribution in [1.29, 1.82) is 0 Å². The number of thioether (sulfide) groups is 1. The molecule has 1 amide bonds. The Kier molecular flexibility index (Phi) is 15.8. The van der Waals surface area contributed by atoms with E-state index in [1.165, 1.54) is 7.05 Å². The number of rotatable bonds is 2. The van der Waals surface area contributed by atoms with E-state index in [1.807, 2.05) is 30.5 Å². The van der Waals surface area contributed by atoms with Crippen LogP contribution in [0, 0.1) is 0 Å². The number of nitrogens with two attached hydrogens (primary N) is 1. The van der Waals surface area contributed by atoms with E-state index in [4.69, 9.17) is 0 Å². The van der Waals surface area contributed by atoms with Gasteiger partial charge in [-0.3, -0.25) is 4.79 Å². The second-order valence-electron chi connectivity index (χ2n) is 2.74. The molecule has 0 bridgehead atoms. The summed E-state index contributed by atoms with van der Waals surface area (Å²) in [5, 5.41) is 0. The Morgan fingerprint density at radius 1 is 1.27 bits per heavy atom. The lowest BCUT2D eigenvalue weighted by Crippen LogP contribution is -2.37. The molecule has 0 radical (unpaired) electrons. The zero-order valence-corrected chi connectivity index (χ0v) is 11.4. The summed E-state index contributed by atoms with van der Waals surface area (Å²) in [4.78, 5) is 13.3. The maximum absolute atomic E-state index is 11.3. The maximum Gasteiger partial charge on any atom is 0.222 e. The average Bonchev–Trinajstić information content (AvgIpc) is 2.36. The fourth-order valence-corrected chi connectivity index (χ4v) is 2.09. The molecule has 0 unspecified atom stereocenters. The highest BCUT2D eigenvalue weighted by Gasteiger charge is 2.14. The van der Waals surface area contributed by atoms with E-state index < -0.39 is 0 Å². The standard InChI is InChI=1S/C8H15NOS.C2H6.CH5N/c1-2-3-8(10)9-4-6-11-7-5-9;2*1-2/h2-7H2,1H3;1-2H3;2H2,1H3. The van der Waals surface area contributed by atoms with E-state index in [1.54, 1.807) is 0 Å². The summed E-state index contributed by atoms with van der Waals surface area (Å²) in [6.07, 6.45) is 1.70. The lowest BCUT2D eigenvalue weighted by molar-refractivity contribution is -0.130. The Labute approximate surface area is 98.8 Å². The van der Waals surface area contributed by atoms with Gasteiger partial charge in [0.2, 0.25) is 5.91 Å². The Morgan fingerprint density at radius 3 is 2.13 bits per heavy atom. The van der Waals surface area contributed by atoms with Crippen LogP contribution in [0.3, 0.4) is 0 Å². The van der Waals surface area contributed by atoms with E-state index in [2.05, 4.69) is 12.7 Å². The highest BCUT2D eigenvalue weighted by atomic mass is 32.2. The first-order valence-electron chi connectivity index (χ1n) is 5.78. The van der Waals surface area contributed by atoms with Gasteiger partial charge in [0.05, 0.1) is 0 Å². The van der Waals surface area contributed by atoms with Gasteiger partial charge in [-0.05, 0) is 13.5 Å². The third kappa shape index (κ3) is 8.75. The molecule has 2 N–H and O–H groups in total. The number of hydrogen-bond donors (Lipinski definition) is 1. The van der Waals surface area contributed by atoms with Crippen LogP contribution in [-0.4, -0.2) is 42.4 Å². The number of carbonyl (C=O) groups excluding carboxylic acids is 1. The molecule has 15 heavy (non-hydrogen) atoms. The van der Waals surface area contributed by atoms with Crippen molar-refractivity contribution >= 4 is 17.7 Å². The molecule has 1 saturated heterocycles. The molecule has 0 aromatic rings. The molecule has 1 aliphatic rings. The highest BCUT2D eigenvalue weighted by Crippen LogP contribution is 2.10. The molecule has 3 nitrogen and oxygen atoms in total. The van der Waals surface area contributed by atoms with Crippen molar-refractivity contribution in [2.45, 2.75) is 33.6 Å². The van der Waals surface area contributed by atoms with Gasteiger partial charge in [-0.25, -0.2) is 0 Å². The molecule has 0 aromatic carbocycles. The minimum atomic E-state index is 0.341. The van der Waals surface area contributed by atoms with E-state index in [0.717, 1.165) is 37.4 Å². The van der Waals surface area contributed by atoms with Gasteiger partial charge in [-0.1, -0.05) is 20.8 Å². The molecule has 1 heterocycles. The van der Waals surface area contributed by atoms with Crippen LogP contribution in [0.4, 0.5) is 0 Å². The Morgan fingerprint density at radius 2 is 1.73 bits per heavy atom. The highest BCUT2D eigenvalue weighted by molar-refractivity contribution is 7.99. The average molecular weight is 234 g/mol. The van der Waals surface area contributed by atoms with Crippen molar-refractivity contribution in [1.82, 2.24) is 4.90 Å². The summed E-state index contributed by atoms with van der Waals surface area (Å²) >= 11 is 1.94. The second-order valence-corrected chi connectivity index (χ2v) is 3.97. The van der Waals surface area contributed by atoms with E-state index in [0.29, 0.717) is 5.91 Å². The third-order valence-electron chi connectivity index (χ3n) is 1.83. The quantitative estimate of drug-likeness (QED) is 0.794. The third-order valence-corrected chi connectivity index (χ3v) is 2.77. The summed E-state index contributed by atoms with van der Waals surface area (Å²) in [5.74, 6) is 2.58. The second kappa shape index (κ2) is 13.8. The smallest absolute Gasteiger partial charge is 0.222 e. The maximum atomic E-state index is 11.3. The predicted octanol–water partition coefficient (Wildman–Crippen LogP) is 1.96. The number of amides is 1. The number of carbonyl (C=O) groups is 1. The van der Waals surface area contributed by atoms with Crippen molar-refractivity contribution < 1.29 is 4.79 Å². The minimum Gasteiger partial charge on any atom is -0.341 e. The Balaban J connectivity index is 0. The first-order valence-corrected chi connectivity index (χ1v) is 6.93. The topological polar surface area (TPSA) is 46.3 Å². The summed E-state index contributed by atoms with van der Waals surface area (Å²) in [6.45, 7) is 7.98. The molecule has 0 aliphatic carbocycles. The molecule has 1 aliphatic heterocycles. The van der Waals surface area contributed by atoms with Gasteiger partial charge in [0.1, 0.15) is 0 Å². The summed E-state index contributed by atoms with van der Waals surface area (Å²) < 4.78 is 0. The van der Waals surface area contributed by atoms with Gasteiger partial charge in [-0.15, -0.1) is 0 Å². The first kappa shape index (κ1) is 17.2. The largest absolute Gasteiger partial charge is 0.341 e. The minimum absolute atomic E-state index is 0.341. The van der Waals surface area contributed by atoms with Crippen molar-refractivity contribution in [3.63, 3.8) is 0 Å². The van der Waals surface area contributed by atoms with Crippen LogP contribution in [-0.2, 0) is 4.79 Å². The first-order chi connectivity index (χ1) is 7.34. The molecule has 0 aromatic heterocycles. The van der Waals surface area contributed by atoms with Crippen molar-refractivity contribution in [2.75, 3.05) is 31.6 Å². The lowest BCUT2D eigenvalue weighted by Gasteiger charge is -2.26. The molecule has 1 rings (SSSR count). The van der Waals surface area contributed by atoms with Crippen LogP contribution in [0.25, 0.3) is 0 Å². The zero-order valence-electron chi connectivity index (χ0n) is 10.6. The molecule has 4 heteroatoms. The lowest BCUT2D eigenvalue weighted by atomic mass is 10.3. The molecule has 0 spiro atoms. The zero-order chi connectivity index (χ0) is 12.1. The van der Waals surface area contributed by atoms with Crippen LogP contribution < -0.4 is 5.73 Å². The monoisotopic (exact) mass is 234 g/mol. The molecular weight excluding hydrogens is 208 g/mol. The molecular formula is C11H26N2OS. The predicted molar refractivity (Wildman–Crippen MR) is 70.3 cm³/mol. The van der Waals surface area contributed by atoms with Crippen LogP contribution in [0.15, 0.2) is 0 Å². The molecule has 92 valence electrons. The fourth-order valence-electron chi connectivity index (χ4n) is 1.18. The summed E-state index contributed by atoms with van der Waals surface area (Å²) in [5.41, 5.74) is 4.50. The summed E-state index contributed by atoms with van der Waals surface area (Å²) in [6, 6.07) is 0. The van der Waals surface area contributed by atoms with Crippen LogP contribution in [0.2, 0.25) is 0 Å². The van der Waals surface area contributed by atoms with Crippen molar-refractivity contribution in [3.05, 3.63) is 0 Å². The fraction of sp³-hybridized carbons (Fsp3) is 0.909. The Bertz CT molecular complexity index is 137. The van der Waals surface area contributed by atoms with Crippen molar-refractivity contribution in [3.8, 4) is 0 Å². The van der Waals surface area contributed by atoms with Gasteiger partial charge in [0.15, 0.2) is 0 Å². The molecule has 1 fully saturated rings. The SMILES string of the molecule is CC.CCCC(=O)N1CCSCC1.CN. The molecule has 0 atom stereocenters. The van der Waals surface area contributed by atoms with Gasteiger partial charge in [-0.2, -0.15) is 11.8 Å². The van der Waals surface area contributed by atoms with E-state index in [9.17, 15) is 4.79 Å². The van der Waals surface area contributed by atoms with Crippen LogP contribution in [0.1, 0.15) is 33.6 Å². The Hall–Kier alpha value is -0.220.